The molecule has 0 unspecified atom stereocenters. The fraction of sp³-hybridized carbons (Fsp3) is 0.235. The minimum atomic E-state index is 0.156. The summed E-state index contributed by atoms with van der Waals surface area (Å²) in [6.07, 6.45) is 0. The topological polar surface area (TPSA) is 20.3 Å². The van der Waals surface area contributed by atoms with Gasteiger partial charge in [0.1, 0.15) is 5.78 Å². The van der Waals surface area contributed by atoms with E-state index in [0.29, 0.717) is 6.54 Å². The van der Waals surface area contributed by atoms with Crippen LogP contribution in [0.15, 0.2) is 48.5 Å². The molecule has 0 saturated heterocycles. The van der Waals surface area contributed by atoms with Gasteiger partial charge < -0.3 is 4.90 Å². The number of hydrogen-bond donors (Lipinski definition) is 0. The van der Waals surface area contributed by atoms with Gasteiger partial charge in [0.2, 0.25) is 0 Å². The lowest BCUT2D eigenvalue weighted by Crippen LogP contribution is -2.24. The van der Waals surface area contributed by atoms with Crippen LogP contribution in [0.3, 0.4) is 0 Å². The summed E-state index contributed by atoms with van der Waals surface area (Å²) in [5.74, 6) is 0.156. The van der Waals surface area contributed by atoms with Crippen LogP contribution in [-0.4, -0.2) is 12.3 Å². The maximum absolute atomic E-state index is 11.5. The Hall–Kier alpha value is -2.09. The normalized spacial score (nSPS) is 10.3. The van der Waals surface area contributed by atoms with E-state index in [-0.39, 0.29) is 5.78 Å². The summed E-state index contributed by atoms with van der Waals surface area (Å²) in [4.78, 5) is 13.6. The molecule has 0 spiro atoms. The van der Waals surface area contributed by atoms with Crippen LogP contribution in [0, 0.1) is 13.8 Å². The molecule has 2 heteroatoms. The first-order valence-electron chi connectivity index (χ1n) is 6.47. The van der Waals surface area contributed by atoms with Crippen LogP contribution < -0.4 is 4.90 Å². The second kappa shape index (κ2) is 5.70. The van der Waals surface area contributed by atoms with Crippen molar-refractivity contribution in [1.82, 2.24) is 0 Å². The van der Waals surface area contributed by atoms with Gasteiger partial charge in [0, 0.05) is 11.4 Å². The van der Waals surface area contributed by atoms with E-state index in [4.69, 9.17) is 0 Å². The van der Waals surface area contributed by atoms with Crippen molar-refractivity contribution in [2.75, 3.05) is 11.4 Å². The summed E-state index contributed by atoms with van der Waals surface area (Å²) >= 11 is 0. The highest BCUT2D eigenvalue weighted by molar-refractivity contribution is 5.84. The van der Waals surface area contributed by atoms with Crippen molar-refractivity contribution >= 4 is 17.2 Å². The molecule has 98 valence electrons. The molecule has 0 N–H and O–H groups in total. The molecule has 19 heavy (non-hydrogen) atoms. The molecule has 0 radical (unpaired) electrons. The summed E-state index contributed by atoms with van der Waals surface area (Å²) < 4.78 is 0. The highest BCUT2D eigenvalue weighted by Gasteiger charge is 2.13. The predicted octanol–water partition coefficient (Wildman–Crippen LogP) is 4.03. The number of ketones is 1. The number of aryl methyl sites for hydroxylation is 2. The molecule has 2 rings (SSSR count). The van der Waals surface area contributed by atoms with Crippen LogP contribution in [0.4, 0.5) is 11.4 Å². The van der Waals surface area contributed by atoms with Gasteiger partial charge in [-0.2, -0.15) is 0 Å². The van der Waals surface area contributed by atoms with Crippen LogP contribution in [0.1, 0.15) is 18.1 Å². The van der Waals surface area contributed by atoms with E-state index >= 15 is 0 Å². The molecule has 0 atom stereocenters. The first-order valence-corrected chi connectivity index (χ1v) is 6.47. The molecular weight excluding hydrogens is 234 g/mol. The molecule has 0 heterocycles. The first kappa shape index (κ1) is 13.3. The lowest BCUT2D eigenvalue weighted by atomic mass is 10.1. The van der Waals surface area contributed by atoms with Crippen LogP contribution in [0.5, 0.6) is 0 Å². The van der Waals surface area contributed by atoms with E-state index in [0.717, 1.165) is 11.4 Å². The summed E-state index contributed by atoms with van der Waals surface area (Å²) in [7, 11) is 0. The molecular formula is C17H19NO. The number of carbonyl (C=O) groups is 1. The quantitative estimate of drug-likeness (QED) is 0.820. The molecule has 0 aliphatic carbocycles. The average Bonchev–Trinajstić information content (AvgIpc) is 2.37. The minimum absolute atomic E-state index is 0.156. The summed E-state index contributed by atoms with van der Waals surface area (Å²) in [5.41, 5.74) is 4.55. The van der Waals surface area contributed by atoms with Crippen molar-refractivity contribution in [2.24, 2.45) is 0 Å². The highest BCUT2D eigenvalue weighted by atomic mass is 16.1. The summed E-state index contributed by atoms with van der Waals surface area (Å²) in [5, 5.41) is 0. The van der Waals surface area contributed by atoms with Crippen LogP contribution in [0.25, 0.3) is 0 Å². The maximum atomic E-state index is 11.5. The molecule has 0 aliphatic rings. The Morgan fingerprint density at radius 3 is 2.32 bits per heavy atom. The number of Topliss-reactive ketones (excluding diaryl/α,β-unsaturated/α-hetero) is 1. The van der Waals surface area contributed by atoms with E-state index in [9.17, 15) is 4.79 Å². The lowest BCUT2D eigenvalue weighted by Gasteiger charge is -2.25. The first-order chi connectivity index (χ1) is 9.08. The molecule has 0 saturated carbocycles. The maximum Gasteiger partial charge on any atom is 0.149 e. The smallest absolute Gasteiger partial charge is 0.149 e. The number of benzene rings is 2. The predicted molar refractivity (Wildman–Crippen MR) is 80.0 cm³/mol. The third-order valence-corrected chi connectivity index (χ3v) is 3.09. The third-order valence-electron chi connectivity index (χ3n) is 3.09. The third kappa shape index (κ3) is 3.22. The van der Waals surface area contributed by atoms with Crippen molar-refractivity contribution in [3.05, 3.63) is 59.7 Å². The van der Waals surface area contributed by atoms with Gasteiger partial charge in [-0.05, 0) is 44.5 Å². The van der Waals surface area contributed by atoms with Gasteiger partial charge in [-0.1, -0.05) is 35.9 Å². The SMILES string of the molecule is CC(=O)CN(c1ccccc1)c1ccc(C)cc1C. The largest absolute Gasteiger partial charge is 0.334 e. The van der Waals surface area contributed by atoms with E-state index in [2.05, 4.69) is 36.9 Å². The van der Waals surface area contributed by atoms with Crippen molar-refractivity contribution < 1.29 is 4.79 Å². The van der Waals surface area contributed by atoms with Crippen molar-refractivity contribution in [2.45, 2.75) is 20.8 Å². The molecule has 2 aromatic carbocycles. The Balaban J connectivity index is 2.46. The Kier molecular flexibility index (Phi) is 4.00. The zero-order valence-corrected chi connectivity index (χ0v) is 11.7. The Labute approximate surface area is 114 Å². The molecule has 0 bridgehead atoms. The number of para-hydroxylation sites is 1. The minimum Gasteiger partial charge on any atom is -0.334 e. The Morgan fingerprint density at radius 2 is 1.74 bits per heavy atom. The molecule has 0 aliphatic heterocycles. The van der Waals surface area contributed by atoms with Gasteiger partial charge >= 0.3 is 0 Å². The molecule has 0 fully saturated rings. The van der Waals surface area contributed by atoms with Crippen LogP contribution >= 0.6 is 0 Å². The number of carbonyl (C=O) groups excluding carboxylic acids is 1. The number of hydrogen-bond acceptors (Lipinski definition) is 2. The van der Waals surface area contributed by atoms with Crippen LogP contribution in [0.2, 0.25) is 0 Å². The second-order valence-corrected chi connectivity index (χ2v) is 4.91. The Morgan fingerprint density at radius 1 is 1.05 bits per heavy atom. The Bertz CT molecular complexity index is 575. The molecule has 0 aromatic heterocycles. The van der Waals surface area contributed by atoms with Gasteiger partial charge in [-0.25, -0.2) is 0 Å². The second-order valence-electron chi connectivity index (χ2n) is 4.91. The standard InChI is InChI=1S/C17H19NO/c1-13-9-10-17(14(2)11-13)18(12-15(3)19)16-7-5-4-6-8-16/h4-11H,12H2,1-3H3. The van der Waals surface area contributed by atoms with Crippen molar-refractivity contribution in [3.8, 4) is 0 Å². The lowest BCUT2D eigenvalue weighted by molar-refractivity contribution is -0.115. The summed E-state index contributed by atoms with van der Waals surface area (Å²) in [6.45, 7) is 6.18. The average molecular weight is 253 g/mol. The van der Waals surface area contributed by atoms with Crippen molar-refractivity contribution in [3.63, 3.8) is 0 Å². The van der Waals surface area contributed by atoms with E-state index in [1.807, 2.05) is 30.3 Å². The fourth-order valence-corrected chi connectivity index (χ4v) is 2.25. The number of rotatable bonds is 4. The van der Waals surface area contributed by atoms with Crippen molar-refractivity contribution in [1.29, 1.82) is 0 Å². The molecule has 2 aromatic rings. The zero-order valence-electron chi connectivity index (χ0n) is 11.7. The number of anilines is 2. The van der Waals surface area contributed by atoms with E-state index in [1.54, 1.807) is 6.92 Å². The summed E-state index contributed by atoms with van der Waals surface area (Å²) in [6, 6.07) is 16.3. The van der Waals surface area contributed by atoms with E-state index < -0.39 is 0 Å². The number of nitrogens with zero attached hydrogens (tertiary/aromatic N) is 1. The molecule has 0 amide bonds. The van der Waals surface area contributed by atoms with Gasteiger partial charge in [0.05, 0.1) is 6.54 Å². The van der Waals surface area contributed by atoms with Gasteiger partial charge in [0.25, 0.3) is 0 Å². The zero-order chi connectivity index (χ0) is 13.8. The van der Waals surface area contributed by atoms with Crippen LogP contribution in [-0.2, 0) is 4.79 Å². The highest BCUT2D eigenvalue weighted by Crippen LogP contribution is 2.28. The van der Waals surface area contributed by atoms with E-state index in [1.165, 1.54) is 11.1 Å². The monoisotopic (exact) mass is 253 g/mol. The molecule has 2 nitrogen and oxygen atoms in total. The van der Waals surface area contributed by atoms with Gasteiger partial charge in [-0.15, -0.1) is 0 Å². The fourth-order valence-electron chi connectivity index (χ4n) is 2.25. The van der Waals surface area contributed by atoms with Gasteiger partial charge in [0.15, 0.2) is 0 Å². The van der Waals surface area contributed by atoms with Gasteiger partial charge in [-0.3, -0.25) is 4.79 Å².